The summed E-state index contributed by atoms with van der Waals surface area (Å²) in [6.45, 7) is 7.05. The second-order valence-corrected chi connectivity index (χ2v) is 5.99. The molecule has 1 aliphatic carbocycles. The van der Waals surface area contributed by atoms with Crippen molar-refractivity contribution in [2.75, 3.05) is 11.4 Å². The van der Waals surface area contributed by atoms with Crippen molar-refractivity contribution in [1.29, 1.82) is 0 Å². The maximum absolute atomic E-state index is 5.94. The summed E-state index contributed by atoms with van der Waals surface area (Å²) < 4.78 is 0. The third-order valence-electron chi connectivity index (χ3n) is 4.31. The van der Waals surface area contributed by atoms with Crippen LogP contribution in [0.15, 0.2) is 0 Å². The Morgan fingerprint density at radius 2 is 1.90 bits per heavy atom. The molecule has 0 bridgehead atoms. The zero-order valence-corrected chi connectivity index (χ0v) is 13.5. The van der Waals surface area contributed by atoms with Crippen molar-refractivity contribution in [3.8, 4) is 0 Å². The van der Waals surface area contributed by atoms with Crippen LogP contribution in [-0.2, 0) is 0 Å². The smallest absolute Gasteiger partial charge is 0.162 e. The zero-order valence-electron chi connectivity index (χ0n) is 12.6. The molecule has 1 fully saturated rings. The van der Waals surface area contributed by atoms with Gasteiger partial charge in [0.2, 0.25) is 0 Å². The first-order chi connectivity index (χ1) is 9.56. The summed E-state index contributed by atoms with van der Waals surface area (Å²) in [7, 11) is 0. The van der Waals surface area contributed by atoms with Gasteiger partial charge in [-0.15, -0.1) is 5.10 Å². The van der Waals surface area contributed by atoms with E-state index in [1.165, 1.54) is 32.1 Å². The molecular weight excluding hydrogens is 268 g/mol. The monoisotopic (exact) mass is 292 g/mol. The third kappa shape index (κ3) is 2.92. The summed E-state index contributed by atoms with van der Waals surface area (Å²) in [5.41, 5.74) is 8.80. The second-order valence-electron chi connectivity index (χ2n) is 5.55. The minimum absolute atomic E-state index is 0.421. The van der Waals surface area contributed by atoms with Crippen molar-refractivity contribution in [3.63, 3.8) is 0 Å². The van der Waals surface area contributed by atoms with Crippen LogP contribution in [0, 0.1) is 13.8 Å². The lowest BCUT2D eigenvalue weighted by molar-refractivity contribution is 0.415. The van der Waals surface area contributed by atoms with Gasteiger partial charge in [-0.2, -0.15) is 5.10 Å². The van der Waals surface area contributed by atoms with E-state index in [1.807, 2.05) is 13.8 Å². The summed E-state index contributed by atoms with van der Waals surface area (Å²) in [6.07, 6.45) is 6.37. The average Bonchev–Trinajstić information content (AvgIpc) is 2.44. The fraction of sp³-hybridized carbons (Fsp3) is 0.667. The molecule has 0 amide bonds. The van der Waals surface area contributed by atoms with Crippen LogP contribution in [-0.4, -0.2) is 27.8 Å². The summed E-state index contributed by atoms with van der Waals surface area (Å²) in [4.78, 5) is 2.76. The minimum Gasteiger partial charge on any atom is -0.389 e. The van der Waals surface area contributed by atoms with Gasteiger partial charge in [-0.1, -0.05) is 31.5 Å². The fourth-order valence-corrected chi connectivity index (χ4v) is 3.31. The molecular formula is C15H24N4S. The van der Waals surface area contributed by atoms with Crippen LogP contribution in [0.1, 0.15) is 55.8 Å². The number of hydrogen-bond acceptors (Lipinski definition) is 4. The van der Waals surface area contributed by atoms with Crippen molar-refractivity contribution in [3.05, 3.63) is 16.8 Å². The van der Waals surface area contributed by atoms with Gasteiger partial charge in [-0.25, -0.2) is 0 Å². The molecule has 2 N–H and O–H groups in total. The average molecular weight is 292 g/mol. The summed E-state index contributed by atoms with van der Waals surface area (Å²) in [5, 5.41) is 8.69. The van der Waals surface area contributed by atoms with E-state index in [-0.39, 0.29) is 0 Å². The largest absolute Gasteiger partial charge is 0.389 e. The molecule has 110 valence electrons. The minimum atomic E-state index is 0.421. The molecule has 1 aromatic heterocycles. The van der Waals surface area contributed by atoms with Gasteiger partial charge >= 0.3 is 0 Å². The maximum atomic E-state index is 5.94. The van der Waals surface area contributed by atoms with Crippen LogP contribution < -0.4 is 10.6 Å². The highest BCUT2D eigenvalue weighted by Gasteiger charge is 2.25. The summed E-state index contributed by atoms with van der Waals surface area (Å²) in [5.74, 6) is 0.870. The molecule has 0 atom stereocenters. The number of hydrogen-bond donors (Lipinski definition) is 1. The molecule has 20 heavy (non-hydrogen) atoms. The van der Waals surface area contributed by atoms with Gasteiger partial charge in [0.05, 0.1) is 11.3 Å². The van der Waals surface area contributed by atoms with E-state index < -0.39 is 0 Å². The molecule has 4 nitrogen and oxygen atoms in total. The Morgan fingerprint density at radius 1 is 1.25 bits per heavy atom. The number of nitrogens with zero attached hydrogens (tertiary/aromatic N) is 3. The van der Waals surface area contributed by atoms with E-state index in [4.69, 9.17) is 18.0 Å². The van der Waals surface area contributed by atoms with Crippen molar-refractivity contribution < 1.29 is 0 Å². The quantitative estimate of drug-likeness (QED) is 0.865. The Balaban J connectivity index is 2.43. The van der Waals surface area contributed by atoms with Gasteiger partial charge in [-0.3, -0.25) is 0 Å². The number of anilines is 1. The Morgan fingerprint density at radius 3 is 2.45 bits per heavy atom. The molecule has 0 saturated heterocycles. The number of aromatic nitrogens is 2. The van der Waals surface area contributed by atoms with Crippen molar-refractivity contribution in [2.24, 2.45) is 5.73 Å². The van der Waals surface area contributed by atoms with Gasteiger partial charge in [0, 0.05) is 12.6 Å². The molecule has 0 unspecified atom stereocenters. The van der Waals surface area contributed by atoms with Crippen LogP contribution >= 0.6 is 12.2 Å². The molecule has 1 saturated carbocycles. The number of thiocarbonyl (C=S) groups is 1. The van der Waals surface area contributed by atoms with Gasteiger partial charge in [-0.05, 0) is 39.2 Å². The lowest BCUT2D eigenvalue weighted by Crippen LogP contribution is -2.39. The second kappa shape index (κ2) is 6.48. The fourth-order valence-electron chi connectivity index (χ4n) is 3.07. The van der Waals surface area contributed by atoms with Gasteiger partial charge < -0.3 is 10.6 Å². The molecule has 1 aliphatic rings. The SMILES string of the molecule is CCN(c1nnc(C)c(C)c1C(N)=S)C1CCCCC1. The Bertz CT molecular complexity index is 495. The van der Waals surface area contributed by atoms with Crippen LogP contribution in [0.25, 0.3) is 0 Å². The van der Waals surface area contributed by atoms with Crippen molar-refractivity contribution >= 4 is 23.0 Å². The van der Waals surface area contributed by atoms with Gasteiger partial charge in [0.25, 0.3) is 0 Å². The molecule has 2 rings (SSSR count). The first kappa shape index (κ1) is 15.2. The predicted molar refractivity (Wildman–Crippen MR) is 87.3 cm³/mol. The van der Waals surface area contributed by atoms with Gasteiger partial charge in [0.15, 0.2) is 5.82 Å². The molecule has 0 spiro atoms. The molecule has 0 aliphatic heterocycles. The highest BCUT2D eigenvalue weighted by atomic mass is 32.1. The molecule has 1 aromatic rings. The first-order valence-corrected chi connectivity index (χ1v) is 7.87. The van der Waals surface area contributed by atoms with E-state index in [0.717, 1.165) is 29.2 Å². The standard InChI is InChI=1S/C15H24N4S/c1-4-19(12-8-6-5-7-9-12)15-13(14(16)20)10(2)11(3)17-18-15/h12H,4-9H2,1-3H3,(H2,16,20). The first-order valence-electron chi connectivity index (χ1n) is 7.46. The number of nitrogens with two attached hydrogens (primary N) is 1. The van der Waals surface area contributed by atoms with E-state index in [2.05, 4.69) is 22.0 Å². The third-order valence-corrected chi connectivity index (χ3v) is 4.51. The van der Waals surface area contributed by atoms with E-state index in [9.17, 15) is 0 Å². The maximum Gasteiger partial charge on any atom is 0.162 e. The van der Waals surface area contributed by atoms with E-state index in [0.29, 0.717) is 11.0 Å². The molecule has 0 radical (unpaired) electrons. The molecule has 5 heteroatoms. The van der Waals surface area contributed by atoms with Crippen molar-refractivity contribution in [1.82, 2.24) is 10.2 Å². The van der Waals surface area contributed by atoms with Crippen LogP contribution in [0.5, 0.6) is 0 Å². The topological polar surface area (TPSA) is 55.0 Å². The molecule has 1 heterocycles. The Hall–Kier alpha value is -1.23. The highest BCUT2D eigenvalue weighted by molar-refractivity contribution is 7.80. The summed E-state index contributed by atoms with van der Waals surface area (Å²) in [6, 6.07) is 0.540. The Labute approximate surface area is 126 Å². The normalized spacial score (nSPS) is 16.1. The number of rotatable bonds is 4. The van der Waals surface area contributed by atoms with E-state index >= 15 is 0 Å². The predicted octanol–water partition coefficient (Wildman–Crippen LogP) is 2.89. The van der Waals surface area contributed by atoms with Crippen LogP contribution in [0.2, 0.25) is 0 Å². The Kier molecular flexibility index (Phi) is 4.91. The van der Waals surface area contributed by atoms with Crippen LogP contribution in [0.4, 0.5) is 5.82 Å². The zero-order chi connectivity index (χ0) is 14.7. The summed E-state index contributed by atoms with van der Waals surface area (Å²) >= 11 is 5.25. The van der Waals surface area contributed by atoms with Crippen LogP contribution in [0.3, 0.4) is 0 Å². The number of aryl methyl sites for hydroxylation is 1. The van der Waals surface area contributed by atoms with Crippen molar-refractivity contribution in [2.45, 2.75) is 58.9 Å². The highest BCUT2D eigenvalue weighted by Crippen LogP contribution is 2.29. The molecule has 0 aromatic carbocycles. The van der Waals surface area contributed by atoms with E-state index in [1.54, 1.807) is 0 Å². The lowest BCUT2D eigenvalue weighted by atomic mass is 9.93. The van der Waals surface area contributed by atoms with Gasteiger partial charge in [0.1, 0.15) is 4.99 Å². The lowest BCUT2D eigenvalue weighted by Gasteiger charge is -2.35.